The number of unbranched alkanes of at least 4 members (excludes halogenated alkanes) is 3. The van der Waals surface area contributed by atoms with Gasteiger partial charge in [-0.25, -0.2) is 0 Å². The van der Waals surface area contributed by atoms with Crippen LogP contribution in [-0.4, -0.2) is 0 Å². The molecule has 2 aromatic rings. The van der Waals surface area contributed by atoms with Crippen LogP contribution >= 0.6 is 0 Å². The van der Waals surface area contributed by atoms with E-state index in [1.165, 1.54) is 50.3 Å². The molecule has 0 heterocycles. The maximum Gasteiger partial charge on any atom is -0.0117 e. The zero-order chi connectivity index (χ0) is 12.4. The van der Waals surface area contributed by atoms with Crippen LogP contribution in [0.1, 0.15) is 49.3 Å². The molecule has 94 valence electrons. The molecule has 0 amide bonds. The van der Waals surface area contributed by atoms with Crippen LogP contribution in [0.25, 0.3) is 10.8 Å². The Hall–Kier alpha value is -1.30. The number of aryl methyl sites for hydroxylation is 3. The minimum absolute atomic E-state index is 1.24. The maximum atomic E-state index is 2.37. The number of hydrogen-bond donors (Lipinski definition) is 0. The topological polar surface area (TPSA) is 0 Å². The fraction of sp³-hybridized carbons (Fsp3) is 0.444. The summed E-state index contributed by atoms with van der Waals surface area (Å²) in [4.78, 5) is 0. The molecule has 1 aliphatic carbocycles. The summed E-state index contributed by atoms with van der Waals surface area (Å²) in [5.74, 6) is 0. The summed E-state index contributed by atoms with van der Waals surface area (Å²) in [7, 11) is 0. The third kappa shape index (κ3) is 2.05. The zero-order valence-electron chi connectivity index (χ0n) is 11.3. The van der Waals surface area contributed by atoms with Crippen molar-refractivity contribution in [2.24, 2.45) is 0 Å². The van der Waals surface area contributed by atoms with Crippen LogP contribution in [0.15, 0.2) is 30.3 Å². The van der Waals surface area contributed by atoms with Crippen molar-refractivity contribution in [3.05, 3.63) is 47.0 Å². The van der Waals surface area contributed by atoms with Gasteiger partial charge in [0.05, 0.1) is 0 Å². The van der Waals surface area contributed by atoms with Crippen molar-refractivity contribution in [3.8, 4) is 0 Å². The predicted octanol–water partition coefficient (Wildman–Crippen LogP) is 5.06. The van der Waals surface area contributed by atoms with Crippen molar-refractivity contribution in [3.63, 3.8) is 0 Å². The molecule has 2 aromatic carbocycles. The monoisotopic (exact) mass is 238 g/mol. The zero-order valence-corrected chi connectivity index (χ0v) is 11.3. The number of hydrogen-bond acceptors (Lipinski definition) is 0. The van der Waals surface area contributed by atoms with E-state index in [0.29, 0.717) is 0 Å². The number of rotatable bonds is 5. The van der Waals surface area contributed by atoms with Crippen LogP contribution in [-0.2, 0) is 19.3 Å². The van der Waals surface area contributed by atoms with Gasteiger partial charge in [0.25, 0.3) is 0 Å². The van der Waals surface area contributed by atoms with Crippen molar-refractivity contribution in [2.45, 2.75) is 51.9 Å². The quantitative estimate of drug-likeness (QED) is 0.639. The first-order valence-corrected chi connectivity index (χ1v) is 7.42. The summed E-state index contributed by atoms with van der Waals surface area (Å²) < 4.78 is 0. The molecule has 0 aliphatic heterocycles. The molecular weight excluding hydrogens is 216 g/mol. The van der Waals surface area contributed by atoms with E-state index in [9.17, 15) is 0 Å². The normalized spacial score (nSPS) is 13.4. The molecule has 0 aromatic heterocycles. The van der Waals surface area contributed by atoms with Gasteiger partial charge in [0.1, 0.15) is 0 Å². The minimum atomic E-state index is 1.24. The van der Waals surface area contributed by atoms with Crippen molar-refractivity contribution in [1.29, 1.82) is 0 Å². The molecule has 0 atom stereocenters. The van der Waals surface area contributed by atoms with Crippen LogP contribution in [0.3, 0.4) is 0 Å². The van der Waals surface area contributed by atoms with Gasteiger partial charge in [0, 0.05) is 0 Å². The Kier molecular flexibility index (Phi) is 3.36. The molecule has 0 N–H and O–H groups in total. The van der Waals surface area contributed by atoms with Gasteiger partial charge in [-0.1, -0.05) is 56.5 Å². The number of benzene rings is 2. The Morgan fingerprint density at radius 1 is 0.889 bits per heavy atom. The van der Waals surface area contributed by atoms with E-state index in [2.05, 4.69) is 37.3 Å². The standard InChI is InChI=1S/C18H22/c1-2-3-4-5-7-14-10-11-16-13-12-15-8-6-9-17(14)18(15)16/h6,8-11H,2-5,7,12-13H2,1H3. The van der Waals surface area contributed by atoms with E-state index >= 15 is 0 Å². The van der Waals surface area contributed by atoms with E-state index < -0.39 is 0 Å². The molecule has 0 fully saturated rings. The second-order valence-corrected chi connectivity index (χ2v) is 5.53. The lowest BCUT2D eigenvalue weighted by atomic mass is 9.96. The fourth-order valence-electron chi connectivity index (χ4n) is 3.27. The molecule has 0 nitrogen and oxygen atoms in total. The highest BCUT2D eigenvalue weighted by atomic mass is 14.2. The van der Waals surface area contributed by atoms with Gasteiger partial charge in [0.15, 0.2) is 0 Å². The molecule has 0 bridgehead atoms. The smallest absolute Gasteiger partial charge is 0.0117 e. The lowest BCUT2D eigenvalue weighted by molar-refractivity contribution is 0.668. The maximum absolute atomic E-state index is 2.37. The Bertz CT molecular complexity index is 541. The first-order valence-electron chi connectivity index (χ1n) is 7.42. The van der Waals surface area contributed by atoms with Crippen LogP contribution in [0.2, 0.25) is 0 Å². The minimum Gasteiger partial charge on any atom is -0.0654 e. The van der Waals surface area contributed by atoms with E-state index in [0.717, 1.165) is 0 Å². The summed E-state index contributed by atoms with van der Waals surface area (Å²) in [5.41, 5.74) is 4.70. The van der Waals surface area contributed by atoms with Gasteiger partial charge >= 0.3 is 0 Å². The Morgan fingerprint density at radius 3 is 2.56 bits per heavy atom. The van der Waals surface area contributed by atoms with Crippen LogP contribution in [0, 0.1) is 0 Å². The lowest BCUT2D eigenvalue weighted by Gasteiger charge is -2.08. The molecular formula is C18H22. The first kappa shape index (κ1) is 11.8. The molecule has 0 heteroatoms. The highest BCUT2D eigenvalue weighted by molar-refractivity contribution is 5.93. The van der Waals surface area contributed by atoms with Crippen LogP contribution in [0.4, 0.5) is 0 Å². The van der Waals surface area contributed by atoms with Gasteiger partial charge in [0.2, 0.25) is 0 Å². The third-order valence-electron chi connectivity index (χ3n) is 4.27. The largest absolute Gasteiger partial charge is 0.0654 e. The summed E-state index contributed by atoms with van der Waals surface area (Å²) >= 11 is 0. The summed E-state index contributed by atoms with van der Waals surface area (Å²) in [6.07, 6.45) is 9.15. The molecule has 1 aliphatic rings. The fourth-order valence-corrected chi connectivity index (χ4v) is 3.27. The average molecular weight is 238 g/mol. The predicted molar refractivity (Wildman–Crippen MR) is 79.2 cm³/mol. The Balaban J connectivity index is 1.89. The first-order chi connectivity index (χ1) is 8.90. The molecule has 0 saturated heterocycles. The van der Waals surface area contributed by atoms with Crippen LogP contribution in [0.5, 0.6) is 0 Å². The molecule has 0 saturated carbocycles. The van der Waals surface area contributed by atoms with Gasteiger partial charge in [-0.3, -0.25) is 0 Å². The highest BCUT2D eigenvalue weighted by Gasteiger charge is 2.15. The average Bonchev–Trinajstić information content (AvgIpc) is 2.82. The van der Waals surface area contributed by atoms with E-state index in [4.69, 9.17) is 0 Å². The van der Waals surface area contributed by atoms with Crippen molar-refractivity contribution < 1.29 is 0 Å². The molecule has 0 spiro atoms. The summed E-state index contributed by atoms with van der Waals surface area (Å²) in [5, 5.41) is 3.10. The van der Waals surface area contributed by atoms with E-state index in [1.54, 1.807) is 22.1 Å². The molecule has 3 rings (SSSR count). The summed E-state index contributed by atoms with van der Waals surface area (Å²) in [6.45, 7) is 2.28. The van der Waals surface area contributed by atoms with Gasteiger partial charge in [-0.05, 0) is 53.1 Å². The van der Waals surface area contributed by atoms with Crippen molar-refractivity contribution in [2.75, 3.05) is 0 Å². The van der Waals surface area contributed by atoms with E-state index in [1.807, 2.05) is 0 Å². The van der Waals surface area contributed by atoms with Gasteiger partial charge < -0.3 is 0 Å². The Labute approximate surface area is 110 Å². The van der Waals surface area contributed by atoms with E-state index in [-0.39, 0.29) is 0 Å². The second kappa shape index (κ2) is 5.14. The summed E-state index contributed by atoms with van der Waals surface area (Å²) in [6, 6.07) is 11.6. The lowest BCUT2D eigenvalue weighted by Crippen LogP contribution is -1.90. The van der Waals surface area contributed by atoms with Crippen molar-refractivity contribution >= 4 is 10.8 Å². The highest BCUT2D eigenvalue weighted by Crippen LogP contribution is 2.33. The molecule has 18 heavy (non-hydrogen) atoms. The van der Waals surface area contributed by atoms with Gasteiger partial charge in [-0.15, -0.1) is 0 Å². The van der Waals surface area contributed by atoms with Crippen LogP contribution < -0.4 is 0 Å². The Morgan fingerprint density at radius 2 is 1.72 bits per heavy atom. The van der Waals surface area contributed by atoms with Gasteiger partial charge in [-0.2, -0.15) is 0 Å². The van der Waals surface area contributed by atoms with Crippen molar-refractivity contribution in [1.82, 2.24) is 0 Å². The third-order valence-corrected chi connectivity index (χ3v) is 4.27. The second-order valence-electron chi connectivity index (χ2n) is 5.53. The molecule has 0 unspecified atom stereocenters. The molecule has 0 radical (unpaired) electrons. The SMILES string of the molecule is CCCCCCc1ccc2c3c(cccc13)CC2.